The summed E-state index contributed by atoms with van der Waals surface area (Å²) in [5.41, 5.74) is 8.80. The van der Waals surface area contributed by atoms with E-state index in [1.165, 1.54) is 29.2 Å². The van der Waals surface area contributed by atoms with Crippen molar-refractivity contribution in [3.63, 3.8) is 0 Å². The quantitative estimate of drug-likeness (QED) is 0.158. The summed E-state index contributed by atoms with van der Waals surface area (Å²) < 4.78 is 64.4. The van der Waals surface area contributed by atoms with Gasteiger partial charge in [-0.05, 0) is 72.7 Å². The third-order valence-corrected chi connectivity index (χ3v) is 9.29. The Balaban J connectivity index is 0.000000673. The van der Waals surface area contributed by atoms with Crippen LogP contribution in [0.2, 0.25) is 0 Å². The van der Waals surface area contributed by atoms with E-state index in [-0.39, 0.29) is 15.6 Å². The van der Waals surface area contributed by atoms with Crippen LogP contribution in [-0.4, -0.2) is 55.4 Å². The standard InChI is InChI=1S/C22H22N2O5S3.C2HF3O2/c1-12-7-15(29-11-19(25)26)8-13(2)20(12)14-5-4-6-16(9-14)32(27,28)18-10-17(21(23)24)31-22(18)30-3;3-2(4,5)1(6)7/h4-10H,11H2,1-3H3,(H3,23,24)(H,25,26);(H,6,7). The second-order valence-corrected chi connectivity index (χ2v) is 11.9. The molecule has 3 rings (SSSR count). The van der Waals surface area contributed by atoms with Gasteiger partial charge in [-0.3, -0.25) is 5.41 Å². The van der Waals surface area contributed by atoms with Crippen LogP contribution >= 0.6 is 23.1 Å². The van der Waals surface area contributed by atoms with Gasteiger partial charge in [0.2, 0.25) is 9.84 Å². The molecule has 210 valence electrons. The molecule has 0 aliphatic heterocycles. The van der Waals surface area contributed by atoms with Crippen LogP contribution in [0.25, 0.3) is 11.1 Å². The van der Waals surface area contributed by atoms with E-state index in [2.05, 4.69) is 0 Å². The molecule has 0 amide bonds. The van der Waals surface area contributed by atoms with Crippen LogP contribution < -0.4 is 10.5 Å². The molecule has 0 unspecified atom stereocenters. The number of carbonyl (C=O) groups is 2. The highest BCUT2D eigenvalue weighted by Gasteiger charge is 2.38. The van der Waals surface area contributed by atoms with Crippen molar-refractivity contribution in [1.82, 2.24) is 0 Å². The van der Waals surface area contributed by atoms with E-state index in [0.717, 1.165) is 22.3 Å². The third kappa shape index (κ3) is 7.97. The molecule has 3 aromatic rings. The van der Waals surface area contributed by atoms with Crippen molar-refractivity contribution in [3.05, 3.63) is 58.5 Å². The molecule has 1 aromatic heterocycles. The second kappa shape index (κ2) is 12.5. The van der Waals surface area contributed by atoms with E-state index in [4.69, 9.17) is 30.9 Å². The van der Waals surface area contributed by atoms with E-state index in [9.17, 15) is 26.4 Å². The maximum atomic E-state index is 13.4. The van der Waals surface area contributed by atoms with E-state index < -0.39 is 34.6 Å². The minimum absolute atomic E-state index is 0.142. The molecule has 15 heteroatoms. The molecular weight excluding hydrogens is 581 g/mol. The maximum absolute atomic E-state index is 13.4. The number of thiophene rings is 1. The van der Waals surface area contributed by atoms with Gasteiger partial charge in [0.1, 0.15) is 11.6 Å². The number of nitrogen functional groups attached to an aromatic ring is 1. The van der Waals surface area contributed by atoms with Crippen molar-refractivity contribution >= 4 is 50.7 Å². The summed E-state index contributed by atoms with van der Waals surface area (Å²) in [5.74, 6) is -3.55. The number of thioether (sulfide) groups is 1. The third-order valence-electron chi connectivity index (χ3n) is 4.95. The molecule has 0 saturated heterocycles. The molecular formula is C24H23F3N2O7S3. The van der Waals surface area contributed by atoms with Crippen LogP contribution in [-0.2, 0) is 19.4 Å². The Morgan fingerprint density at radius 2 is 1.67 bits per heavy atom. The number of halogens is 3. The number of carboxylic acid groups (broad SMARTS) is 2. The number of hydrogen-bond acceptors (Lipinski definition) is 8. The van der Waals surface area contributed by atoms with E-state index in [0.29, 0.717) is 14.8 Å². The smallest absolute Gasteiger partial charge is 0.482 e. The summed E-state index contributed by atoms with van der Waals surface area (Å²) in [7, 11) is -3.83. The molecule has 0 aliphatic carbocycles. The number of alkyl halides is 3. The van der Waals surface area contributed by atoms with E-state index in [1.54, 1.807) is 36.6 Å². The minimum atomic E-state index is -5.08. The summed E-state index contributed by atoms with van der Waals surface area (Å²) in [6.45, 7) is 3.29. The lowest BCUT2D eigenvalue weighted by Crippen LogP contribution is -2.21. The Morgan fingerprint density at radius 1 is 1.10 bits per heavy atom. The van der Waals surface area contributed by atoms with Gasteiger partial charge in [0.25, 0.3) is 0 Å². The van der Waals surface area contributed by atoms with Gasteiger partial charge in [0.15, 0.2) is 6.61 Å². The van der Waals surface area contributed by atoms with Gasteiger partial charge in [0, 0.05) is 0 Å². The zero-order chi connectivity index (χ0) is 29.7. The predicted octanol–water partition coefficient (Wildman–Crippen LogP) is 4.97. The van der Waals surface area contributed by atoms with Crippen molar-refractivity contribution in [2.75, 3.05) is 12.9 Å². The molecule has 9 nitrogen and oxygen atoms in total. The topological polar surface area (TPSA) is 168 Å². The number of ether oxygens (including phenoxy) is 1. The van der Waals surface area contributed by atoms with Crippen molar-refractivity contribution in [3.8, 4) is 16.9 Å². The lowest BCUT2D eigenvalue weighted by atomic mass is 9.95. The zero-order valence-electron chi connectivity index (χ0n) is 20.6. The van der Waals surface area contributed by atoms with Gasteiger partial charge < -0.3 is 20.7 Å². The van der Waals surface area contributed by atoms with Crippen molar-refractivity contribution in [1.29, 1.82) is 5.41 Å². The van der Waals surface area contributed by atoms with Gasteiger partial charge in [0.05, 0.1) is 18.9 Å². The summed E-state index contributed by atoms with van der Waals surface area (Å²) in [6, 6.07) is 11.6. The molecule has 2 aromatic carbocycles. The molecule has 0 saturated carbocycles. The molecule has 0 fully saturated rings. The molecule has 0 atom stereocenters. The first-order chi connectivity index (χ1) is 18.0. The molecule has 0 spiro atoms. The fourth-order valence-electron chi connectivity index (χ4n) is 3.37. The summed E-state index contributed by atoms with van der Waals surface area (Å²) >= 11 is 2.48. The molecule has 0 bridgehead atoms. The number of sulfone groups is 1. The first-order valence-electron chi connectivity index (χ1n) is 10.6. The summed E-state index contributed by atoms with van der Waals surface area (Å²) in [6.07, 6.45) is -3.30. The van der Waals surface area contributed by atoms with E-state index >= 15 is 0 Å². The number of amidine groups is 1. The van der Waals surface area contributed by atoms with Crippen molar-refractivity contribution in [2.45, 2.75) is 34.0 Å². The number of carboxylic acids is 2. The van der Waals surface area contributed by atoms with Crippen LogP contribution in [0.5, 0.6) is 5.75 Å². The Bertz CT molecular complexity index is 1490. The Labute approximate surface area is 229 Å². The highest BCUT2D eigenvalue weighted by atomic mass is 32.2. The Hall–Kier alpha value is -3.56. The minimum Gasteiger partial charge on any atom is -0.482 e. The highest BCUT2D eigenvalue weighted by molar-refractivity contribution is 8.01. The van der Waals surface area contributed by atoms with Crippen LogP contribution in [0.3, 0.4) is 0 Å². The Morgan fingerprint density at radius 3 is 2.13 bits per heavy atom. The zero-order valence-corrected chi connectivity index (χ0v) is 23.1. The number of aliphatic carboxylic acids is 2. The molecule has 1 heterocycles. The normalized spacial score (nSPS) is 11.3. The van der Waals surface area contributed by atoms with Gasteiger partial charge in [-0.15, -0.1) is 23.1 Å². The number of rotatable bonds is 8. The van der Waals surface area contributed by atoms with Gasteiger partial charge in [-0.1, -0.05) is 12.1 Å². The van der Waals surface area contributed by atoms with Crippen LogP contribution in [0, 0.1) is 19.3 Å². The second-order valence-electron chi connectivity index (χ2n) is 7.83. The number of hydrogen-bond donors (Lipinski definition) is 4. The summed E-state index contributed by atoms with van der Waals surface area (Å²) in [4.78, 5) is 20.4. The van der Waals surface area contributed by atoms with Gasteiger partial charge in [-0.25, -0.2) is 18.0 Å². The Kier molecular flexibility index (Phi) is 10.2. The largest absolute Gasteiger partial charge is 0.490 e. The molecule has 39 heavy (non-hydrogen) atoms. The first-order valence-corrected chi connectivity index (χ1v) is 14.1. The fraction of sp³-hybridized carbons (Fsp3) is 0.208. The van der Waals surface area contributed by atoms with Gasteiger partial charge in [-0.2, -0.15) is 13.2 Å². The SMILES string of the molecule is CSc1sc(C(=N)N)cc1S(=O)(=O)c1cccc(-c2c(C)cc(OCC(=O)O)cc2C)c1.O=C(O)C(F)(F)F. The van der Waals surface area contributed by atoms with Crippen molar-refractivity contribution < 1.29 is 46.1 Å². The number of nitrogens with two attached hydrogens (primary N) is 1. The molecule has 0 radical (unpaired) electrons. The number of nitrogens with one attached hydrogen (secondary N) is 1. The first kappa shape index (κ1) is 31.7. The monoisotopic (exact) mass is 604 g/mol. The van der Waals surface area contributed by atoms with Crippen LogP contribution in [0.15, 0.2) is 56.5 Å². The fourth-order valence-corrected chi connectivity index (χ4v) is 7.28. The average Bonchev–Trinajstić information content (AvgIpc) is 3.28. The maximum Gasteiger partial charge on any atom is 0.490 e. The number of benzene rings is 2. The van der Waals surface area contributed by atoms with Crippen molar-refractivity contribution in [2.24, 2.45) is 5.73 Å². The lowest BCUT2D eigenvalue weighted by Gasteiger charge is -2.14. The summed E-state index contributed by atoms with van der Waals surface area (Å²) in [5, 5.41) is 23.6. The van der Waals surface area contributed by atoms with Crippen LogP contribution in [0.1, 0.15) is 16.0 Å². The highest BCUT2D eigenvalue weighted by Crippen LogP contribution is 2.38. The predicted molar refractivity (Wildman–Crippen MR) is 141 cm³/mol. The molecule has 5 N–H and O–H groups in total. The van der Waals surface area contributed by atoms with Crippen LogP contribution in [0.4, 0.5) is 13.2 Å². The average molecular weight is 605 g/mol. The molecule has 0 aliphatic rings. The number of aryl methyl sites for hydroxylation is 2. The van der Waals surface area contributed by atoms with Gasteiger partial charge >= 0.3 is 18.1 Å². The van der Waals surface area contributed by atoms with E-state index in [1.807, 2.05) is 19.9 Å². The lowest BCUT2D eigenvalue weighted by molar-refractivity contribution is -0.192.